The second kappa shape index (κ2) is 7.40. The molecule has 2 aliphatic rings. The highest BCUT2D eigenvalue weighted by Crippen LogP contribution is 2.33. The Morgan fingerprint density at radius 1 is 1.10 bits per heavy atom. The zero-order valence-corrected chi connectivity index (χ0v) is 16.7. The fourth-order valence-corrected chi connectivity index (χ4v) is 3.94. The smallest absolute Gasteiger partial charge is 0.289 e. The lowest BCUT2D eigenvalue weighted by Crippen LogP contribution is -2.50. The van der Waals surface area contributed by atoms with Gasteiger partial charge in [-0.15, -0.1) is 0 Å². The summed E-state index contributed by atoms with van der Waals surface area (Å²) in [7, 11) is 0. The average molecular weight is 410 g/mol. The number of ether oxygens (including phenoxy) is 2. The lowest BCUT2D eigenvalue weighted by Gasteiger charge is -2.35. The van der Waals surface area contributed by atoms with E-state index >= 15 is 0 Å². The minimum atomic E-state index is -0.122. The van der Waals surface area contributed by atoms with Crippen molar-refractivity contribution in [3.8, 4) is 11.5 Å². The summed E-state index contributed by atoms with van der Waals surface area (Å²) in [6, 6.07) is 6.86. The van der Waals surface area contributed by atoms with Gasteiger partial charge >= 0.3 is 0 Å². The van der Waals surface area contributed by atoms with Gasteiger partial charge in [-0.1, -0.05) is 0 Å². The summed E-state index contributed by atoms with van der Waals surface area (Å²) in [5.74, 6) is 2.01. The number of piperazine rings is 1. The summed E-state index contributed by atoms with van der Waals surface area (Å²) in [6.07, 6.45) is 1.50. The van der Waals surface area contributed by atoms with Crippen LogP contribution in [0, 0.1) is 0 Å². The maximum atomic E-state index is 13.2. The Hall–Kier alpha value is -3.49. The van der Waals surface area contributed by atoms with Crippen molar-refractivity contribution < 1.29 is 18.7 Å². The van der Waals surface area contributed by atoms with Gasteiger partial charge in [-0.05, 0) is 25.1 Å². The first-order chi connectivity index (χ1) is 14.7. The molecule has 0 radical (unpaired) electrons. The Bertz CT molecular complexity index is 1150. The number of anilines is 1. The minimum absolute atomic E-state index is 0.108. The third-order valence-corrected chi connectivity index (χ3v) is 5.50. The third kappa shape index (κ3) is 3.06. The van der Waals surface area contributed by atoms with Crippen LogP contribution in [0.1, 0.15) is 17.5 Å². The molecule has 0 unspecified atom stereocenters. The van der Waals surface area contributed by atoms with E-state index in [0.29, 0.717) is 80.0 Å². The normalized spacial score (nSPS) is 16.2. The Morgan fingerprint density at radius 3 is 2.50 bits per heavy atom. The van der Waals surface area contributed by atoms with Gasteiger partial charge in [0.1, 0.15) is 13.2 Å². The first kappa shape index (κ1) is 18.5. The van der Waals surface area contributed by atoms with Gasteiger partial charge in [-0.2, -0.15) is 0 Å². The zero-order chi connectivity index (χ0) is 20.7. The Kier molecular flexibility index (Phi) is 4.57. The number of hydrogen-bond acceptors (Lipinski definition) is 7. The van der Waals surface area contributed by atoms with Gasteiger partial charge in [0.05, 0.1) is 17.2 Å². The number of amides is 1. The molecule has 0 spiro atoms. The molecule has 4 heterocycles. The largest absolute Gasteiger partial charge is 0.486 e. The van der Waals surface area contributed by atoms with Crippen LogP contribution in [0.25, 0.3) is 10.9 Å². The van der Waals surface area contributed by atoms with Crippen LogP contribution in [-0.2, 0) is 6.54 Å². The monoisotopic (exact) mass is 410 g/mol. The molecule has 0 aliphatic carbocycles. The van der Waals surface area contributed by atoms with Crippen molar-refractivity contribution in [1.29, 1.82) is 0 Å². The number of fused-ring (bicyclic) bond motifs is 2. The molecule has 1 amide bonds. The lowest BCUT2D eigenvalue weighted by molar-refractivity contribution is 0.0714. The molecule has 2 aromatic heterocycles. The van der Waals surface area contributed by atoms with Crippen molar-refractivity contribution in [2.75, 3.05) is 44.3 Å². The van der Waals surface area contributed by atoms with Gasteiger partial charge in [0.15, 0.2) is 17.3 Å². The predicted molar refractivity (Wildman–Crippen MR) is 109 cm³/mol. The predicted octanol–water partition coefficient (Wildman–Crippen LogP) is 1.74. The minimum Gasteiger partial charge on any atom is -0.486 e. The summed E-state index contributed by atoms with van der Waals surface area (Å²) in [6.45, 7) is 5.57. The molecule has 0 atom stereocenters. The summed E-state index contributed by atoms with van der Waals surface area (Å²) in [5.41, 5.74) is 0.474. The fourth-order valence-electron chi connectivity index (χ4n) is 3.94. The zero-order valence-electron chi connectivity index (χ0n) is 16.7. The van der Waals surface area contributed by atoms with Gasteiger partial charge in [-0.3, -0.25) is 14.2 Å². The molecule has 3 aromatic rings. The number of carbonyl (C=O) groups excluding carboxylic acids is 1. The van der Waals surface area contributed by atoms with E-state index in [1.807, 2.05) is 11.8 Å². The average Bonchev–Trinajstić information content (AvgIpc) is 3.32. The first-order valence-corrected chi connectivity index (χ1v) is 10.1. The molecular weight excluding hydrogens is 388 g/mol. The molecule has 9 heteroatoms. The maximum Gasteiger partial charge on any atom is 0.289 e. The number of furan rings is 1. The van der Waals surface area contributed by atoms with E-state index in [-0.39, 0.29) is 11.5 Å². The van der Waals surface area contributed by atoms with Gasteiger partial charge < -0.3 is 23.7 Å². The van der Waals surface area contributed by atoms with Crippen LogP contribution < -0.4 is 19.9 Å². The molecule has 0 saturated carbocycles. The quantitative estimate of drug-likeness (QED) is 0.650. The van der Waals surface area contributed by atoms with E-state index in [1.165, 1.54) is 6.26 Å². The van der Waals surface area contributed by atoms with Crippen LogP contribution in [0.15, 0.2) is 39.7 Å². The second-order valence-corrected chi connectivity index (χ2v) is 7.23. The fraction of sp³-hybridized carbons (Fsp3) is 0.381. The molecular formula is C21H22N4O5. The number of aromatic nitrogens is 2. The maximum absolute atomic E-state index is 13.2. The van der Waals surface area contributed by atoms with Crippen molar-refractivity contribution >= 4 is 22.8 Å². The molecule has 0 bridgehead atoms. The number of nitrogens with zero attached hydrogens (tertiary/aromatic N) is 4. The molecule has 0 N–H and O–H groups in total. The molecule has 2 aliphatic heterocycles. The number of benzene rings is 1. The highest BCUT2D eigenvalue weighted by Gasteiger charge is 2.27. The summed E-state index contributed by atoms with van der Waals surface area (Å²) in [4.78, 5) is 34.3. The number of carbonyl (C=O) groups is 1. The standard InChI is InChI=1S/C21H22N4O5/c1-2-25-19(26)14-12-17-18(30-11-10-29-17)13-15(14)22-21(25)24-7-5-23(6-8-24)20(27)16-4-3-9-28-16/h3-4,9,12-13H,2,5-8,10-11H2,1H3. The van der Waals surface area contributed by atoms with Crippen molar-refractivity contribution in [2.24, 2.45) is 0 Å². The van der Waals surface area contributed by atoms with Crippen LogP contribution in [-0.4, -0.2) is 59.8 Å². The highest BCUT2D eigenvalue weighted by molar-refractivity contribution is 5.91. The molecule has 9 nitrogen and oxygen atoms in total. The van der Waals surface area contributed by atoms with Crippen LogP contribution in [0.2, 0.25) is 0 Å². The van der Waals surface area contributed by atoms with Gasteiger partial charge in [0, 0.05) is 38.8 Å². The van der Waals surface area contributed by atoms with E-state index in [2.05, 4.69) is 0 Å². The number of hydrogen-bond donors (Lipinski definition) is 0. The second-order valence-electron chi connectivity index (χ2n) is 7.23. The first-order valence-electron chi connectivity index (χ1n) is 10.1. The van der Waals surface area contributed by atoms with Crippen molar-refractivity contribution in [1.82, 2.24) is 14.5 Å². The molecule has 1 fully saturated rings. The lowest BCUT2D eigenvalue weighted by atomic mass is 10.2. The SMILES string of the molecule is CCn1c(N2CCN(C(=O)c3ccco3)CC2)nc2cc3c(cc2c1=O)OCCO3. The van der Waals surface area contributed by atoms with E-state index in [4.69, 9.17) is 18.9 Å². The van der Waals surface area contributed by atoms with Gasteiger partial charge in [0.25, 0.3) is 11.5 Å². The summed E-state index contributed by atoms with van der Waals surface area (Å²) in [5, 5.41) is 0.511. The Morgan fingerprint density at radius 2 is 1.83 bits per heavy atom. The van der Waals surface area contributed by atoms with Gasteiger partial charge in [0.2, 0.25) is 5.95 Å². The Balaban J connectivity index is 1.45. The highest BCUT2D eigenvalue weighted by atomic mass is 16.6. The van der Waals surface area contributed by atoms with Crippen LogP contribution in [0.5, 0.6) is 11.5 Å². The van der Waals surface area contributed by atoms with E-state index in [0.717, 1.165) is 0 Å². The van der Waals surface area contributed by atoms with Crippen molar-refractivity contribution in [3.05, 3.63) is 46.6 Å². The Labute approximate surface area is 172 Å². The molecule has 1 aromatic carbocycles. The van der Waals surface area contributed by atoms with Crippen LogP contribution >= 0.6 is 0 Å². The van der Waals surface area contributed by atoms with E-state index < -0.39 is 0 Å². The van der Waals surface area contributed by atoms with Crippen molar-refractivity contribution in [3.63, 3.8) is 0 Å². The third-order valence-electron chi connectivity index (χ3n) is 5.50. The van der Waals surface area contributed by atoms with Crippen LogP contribution in [0.3, 0.4) is 0 Å². The molecule has 30 heavy (non-hydrogen) atoms. The summed E-state index contributed by atoms with van der Waals surface area (Å²) >= 11 is 0. The van der Waals surface area contributed by atoms with E-state index in [1.54, 1.807) is 33.7 Å². The number of rotatable bonds is 3. The molecule has 5 rings (SSSR count). The van der Waals surface area contributed by atoms with Crippen molar-refractivity contribution in [2.45, 2.75) is 13.5 Å². The summed E-state index contributed by atoms with van der Waals surface area (Å²) < 4.78 is 18.2. The van der Waals surface area contributed by atoms with Crippen LogP contribution in [0.4, 0.5) is 5.95 Å². The van der Waals surface area contributed by atoms with E-state index in [9.17, 15) is 9.59 Å². The molecule has 156 valence electrons. The van der Waals surface area contributed by atoms with Gasteiger partial charge in [-0.25, -0.2) is 4.98 Å². The molecule has 1 saturated heterocycles. The topological polar surface area (TPSA) is 90.0 Å².